The Balaban J connectivity index is 0.728. The predicted molar refractivity (Wildman–Crippen MR) is 255 cm³/mol. The van der Waals surface area contributed by atoms with Gasteiger partial charge in [0.05, 0.1) is 56.0 Å². The third-order valence-corrected chi connectivity index (χ3v) is 16.9. The number of aryl methyl sites for hydroxylation is 1. The number of thiophene rings is 2. The summed E-state index contributed by atoms with van der Waals surface area (Å²) in [5.74, 6) is 3.30. The van der Waals surface area contributed by atoms with E-state index in [1.165, 1.54) is 49.5 Å². The summed E-state index contributed by atoms with van der Waals surface area (Å²) in [7, 11) is 1.73. The second kappa shape index (κ2) is 15.6. The Morgan fingerprint density at radius 2 is 1.47 bits per heavy atom. The van der Waals surface area contributed by atoms with E-state index in [4.69, 9.17) is 14.8 Å². The van der Waals surface area contributed by atoms with Crippen molar-refractivity contribution in [2.45, 2.75) is 109 Å². The second-order valence-electron chi connectivity index (χ2n) is 19.1. The Morgan fingerprint density at radius 3 is 2.20 bits per heavy atom. The quantitative estimate of drug-likeness (QED) is 0.122. The minimum absolute atomic E-state index is 0.301. The zero-order valence-corrected chi connectivity index (χ0v) is 39.0. The first-order chi connectivity index (χ1) is 31.2. The van der Waals surface area contributed by atoms with Crippen molar-refractivity contribution in [3.63, 3.8) is 0 Å². The number of hydrogen-bond acceptors (Lipinski definition) is 11. The van der Waals surface area contributed by atoms with Crippen molar-refractivity contribution < 1.29 is 4.74 Å². The lowest BCUT2D eigenvalue weighted by molar-refractivity contribution is 0.0806. The summed E-state index contributed by atoms with van der Waals surface area (Å²) < 4.78 is 14.5. The van der Waals surface area contributed by atoms with Crippen molar-refractivity contribution in [2.24, 2.45) is 0 Å². The number of nitrogens with one attached hydrogen (secondary N) is 3. The van der Waals surface area contributed by atoms with Crippen molar-refractivity contribution in [3.05, 3.63) is 76.6 Å². The van der Waals surface area contributed by atoms with E-state index < -0.39 is 0 Å². The molecule has 0 bridgehead atoms. The number of hydrogen-bond donors (Lipinski definition) is 3. The Kier molecular flexibility index (Phi) is 9.80. The van der Waals surface area contributed by atoms with Crippen molar-refractivity contribution in [1.29, 1.82) is 0 Å². The predicted octanol–water partition coefficient (Wildman–Crippen LogP) is 10.1. The van der Waals surface area contributed by atoms with Gasteiger partial charge >= 0.3 is 0 Å². The molecule has 0 unspecified atom stereocenters. The number of fused-ring (bicyclic) bond motifs is 4. The lowest BCUT2D eigenvalue weighted by Gasteiger charge is -2.44. The van der Waals surface area contributed by atoms with Crippen LogP contribution in [-0.2, 0) is 0 Å². The molecule has 330 valence electrons. The summed E-state index contributed by atoms with van der Waals surface area (Å²) in [6.07, 6.45) is 14.7. The number of methoxy groups -OCH3 is 1. The van der Waals surface area contributed by atoms with Gasteiger partial charge in [-0.05, 0) is 130 Å². The first kappa shape index (κ1) is 40.1. The fourth-order valence-corrected chi connectivity index (χ4v) is 13.6. The number of aromatic nitrogens is 11. The van der Waals surface area contributed by atoms with Gasteiger partial charge < -0.3 is 24.9 Å². The minimum atomic E-state index is 0.301. The van der Waals surface area contributed by atoms with Crippen LogP contribution in [0.5, 0.6) is 5.75 Å². The van der Waals surface area contributed by atoms with Gasteiger partial charge in [0.2, 0.25) is 0 Å². The van der Waals surface area contributed by atoms with E-state index in [-0.39, 0.29) is 0 Å². The van der Waals surface area contributed by atoms with Crippen LogP contribution in [0.15, 0.2) is 49.2 Å². The van der Waals surface area contributed by atoms with E-state index in [1.807, 2.05) is 20.4 Å². The Bertz CT molecular complexity index is 3170. The van der Waals surface area contributed by atoms with Crippen LogP contribution in [0.1, 0.15) is 123 Å². The first-order valence-corrected chi connectivity index (χ1v) is 24.7. The van der Waals surface area contributed by atoms with Crippen LogP contribution in [-0.4, -0.2) is 98.4 Å². The summed E-state index contributed by atoms with van der Waals surface area (Å²) in [5, 5.41) is 22.1. The highest BCUT2D eigenvalue weighted by atomic mass is 32.1. The highest BCUT2D eigenvalue weighted by molar-refractivity contribution is 7.22. The Morgan fingerprint density at radius 1 is 0.766 bits per heavy atom. The molecule has 2 saturated heterocycles. The molecule has 0 spiro atoms. The molecule has 0 radical (unpaired) electrons. The Labute approximate surface area is 379 Å². The highest BCUT2D eigenvalue weighted by Crippen LogP contribution is 2.47. The van der Waals surface area contributed by atoms with Crippen molar-refractivity contribution in [2.75, 3.05) is 33.3 Å². The molecule has 0 amide bonds. The molecule has 9 aromatic rings. The number of pyridine rings is 2. The molecular weight excluding hydrogens is 839 g/mol. The van der Waals surface area contributed by atoms with Gasteiger partial charge in [-0.15, -0.1) is 27.8 Å². The van der Waals surface area contributed by atoms with Crippen LogP contribution >= 0.6 is 22.7 Å². The van der Waals surface area contributed by atoms with E-state index in [1.54, 1.807) is 24.8 Å². The maximum absolute atomic E-state index is 5.99. The standard InChI is InChI=1S/C48H55N13OS2/c1-25(2)40-42(30-15-27(5)47-50-24-51-60(47)21-30)52-34-19-38(63-44(34)40)28-9-13-58(14-10-28)33-16-29(17-33)46-54-48-37(62-6)18-31(22-61(48)56-46)43-41(26(3)4)45-35(53-43)20-39(64-45)36-23-59(57-55-36)32-7-11-49-12-8-32/h15,18-26,28-29,32-33,49,52-53H,7-14,16-17H2,1-6H3. The van der Waals surface area contributed by atoms with Gasteiger partial charge in [0.1, 0.15) is 12.0 Å². The molecule has 3 N–H and O–H groups in total. The van der Waals surface area contributed by atoms with Crippen LogP contribution in [0.3, 0.4) is 0 Å². The summed E-state index contributed by atoms with van der Waals surface area (Å²) >= 11 is 3.79. The van der Waals surface area contributed by atoms with Gasteiger partial charge in [0.25, 0.3) is 0 Å². The van der Waals surface area contributed by atoms with Crippen molar-refractivity contribution >= 4 is 54.4 Å². The van der Waals surface area contributed by atoms with Gasteiger partial charge in [0, 0.05) is 40.4 Å². The number of piperidine rings is 2. The molecule has 11 heterocycles. The summed E-state index contributed by atoms with van der Waals surface area (Å²) in [6.45, 7) is 15.6. The highest BCUT2D eigenvalue weighted by Gasteiger charge is 2.39. The van der Waals surface area contributed by atoms with Crippen LogP contribution in [0, 0.1) is 6.92 Å². The zero-order chi connectivity index (χ0) is 43.4. The van der Waals surface area contributed by atoms with Gasteiger partial charge in [-0.25, -0.2) is 23.7 Å². The van der Waals surface area contributed by atoms with E-state index >= 15 is 0 Å². The molecular formula is C48H55N13OS2. The maximum Gasteiger partial charge on any atom is 0.198 e. The fraction of sp³-hybridized carbons (Fsp3) is 0.458. The lowest BCUT2D eigenvalue weighted by atomic mass is 9.77. The normalized spacial score (nSPS) is 19.4. The first-order valence-electron chi connectivity index (χ1n) is 23.1. The van der Waals surface area contributed by atoms with Crippen LogP contribution < -0.4 is 10.1 Å². The van der Waals surface area contributed by atoms with Gasteiger partial charge in [-0.3, -0.25) is 0 Å². The molecule has 12 rings (SSSR count). The zero-order valence-electron chi connectivity index (χ0n) is 37.4. The molecule has 1 aliphatic carbocycles. The molecule has 16 heteroatoms. The van der Waals surface area contributed by atoms with Gasteiger partial charge in [0.15, 0.2) is 22.9 Å². The summed E-state index contributed by atoms with van der Waals surface area (Å²) in [5.41, 5.74) is 13.3. The Hall–Kier alpha value is -5.42. The molecule has 0 atom stereocenters. The summed E-state index contributed by atoms with van der Waals surface area (Å²) in [4.78, 5) is 22.5. The average molecular weight is 894 g/mol. The number of likely N-dealkylation sites (tertiary alicyclic amines) is 1. The van der Waals surface area contributed by atoms with E-state index in [0.717, 1.165) is 113 Å². The number of H-pyrrole nitrogens is 2. The molecule has 3 aliphatic rings. The smallest absolute Gasteiger partial charge is 0.198 e. The van der Waals surface area contributed by atoms with Crippen molar-refractivity contribution in [1.82, 2.24) is 64.4 Å². The van der Waals surface area contributed by atoms with E-state index in [0.29, 0.717) is 35.8 Å². The topological polar surface area (TPSA) is 147 Å². The minimum Gasteiger partial charge on any atom is -0.493 e. The number of aromatic amines is 2. The number of nitrogens with zero attached hydrogens (tertiary/aromatic N) is 10. The molecule has 64 heavy (non-hydrogen) atoms. The third-order valence-electron chi connectivity index (χ3n) is 14.3. The summed E-state index contributed by atoms with van der Waals surface area (Å²) in [6, 6.07) is 10.0. The molecule has 3 fully saturated rings. The molecule has 9 aromatic heterocycles. The van der Waals surface area contributed by atoms with E-state index in [2.05, 4.69) is 123 Å². The monoisotopic (exact) mass is 893 g/mol. The SMILES string of the molecule is COc1cc(-c2[nH]c3cc(-c4cn(C5CCNCC5)nn4)sc3c2C(C)C)cn2nc(C3CC(N4CCC(c5cc6[nH]c(-c7cc(C)c8ncnn8c7)c(C(C)C)c6s5)CC4)C3)nc12. The molecule has 0 aromatic carbocycles. The van der Waals surface area contributed by atoms with E-state index in [9.17, 15) is 0 Å². The average Bonchev–Trinajstić information content (AvgIpc) is 4.13. The fourth-order valence-electron chi connectivity index (χ4n) is 10.9. The largest absolute Gasteiger partial charge is 0.493 e. The van der Waals surface area contributed by atoms with Crippen molar-refractivity contribution in [3.8, 4) is 38.8 Å². The second-order valence-corrected chi connectivity index (χ2v) is 21.2. The number of ether oxygens (including phenoxy) is 1. The lowest BCUT2D eigenvalue weighted by Crippen LogP contribution is -2.47. The van der Waals surface area contributed by atoms with Crippen LogP contribution in [0.25, 0.3) is 64.8 Å². The van der Waals surface area contributed by atoms with Crippen LogP contribution in [0.4, 0.5) is 0 Å². The maximum atomic E-state index is 5.99. The number of rotatable bonds is 10. The van der Waals surface area contributed by atoms with Gasteiger partial charge in [-0.1, -0.05) is 32.9 Å². The molecule has 2 aliphatic heterocycles. The molecule has 1 saturated carbocycles. The van der Waals surface area contributed by atoms with Crippen LogP contribution in [0.2, 0.25) is 0 Å². The van der Waals surface area contributed by atoms with Gasteiger partial charge in [-0.2, -0.15) is 10.2 Å². The third kappa shape index (κ3) is 6.69. The molecule has 14 nitrogen and oxygen atoms in total.